The Bertz CT molecular complexity index is 467. The van der Waals surface area contributed by atoms with Gasteiger partial charge in [-0.2, -0.15) is 0 Å². The van der Waals surface area contributed by atoms with Gasteiger partial charge in [-0.25, -0.2) is 0 Å². The topological polar surface area (TPSA) is 56.8 Å². The SMILES string of the molecule is COc1cc(OC)c([C@H]2NC(=O)[C@H](C)S2)c(OC)c1. The largest absolute Gasteiger partial charge is 0.496 e. The highest BCUT2D eigenvalue weighted by molar-refractivity contribution is 8.01. The average Bonchev–Trinajstić information content (AvgIpc) is 2.76. The van der Waals surface area contributed by atoms with Crippen molar-refractivity contribution in [1.82, 2.24) is 5.32 Å². The molecule has 0 bridgehead atoms. The highest BCUT2D eigenvalue weighted by atomic mass is 32.2. The van der Waals surface area contributed by atoms with Crippen molar-refractivity contribution in [1.29, 1.82) is 0 Å². The van der Waals surface area contributed by atoms with Gasteiger partial charge in [-0.1, -0.05) is 0 Å². The Morgan fingerprint density at radius 2 is 1.68 bits per heavy atom. The maximum Gasteiger partial charge on any atom is 0.234 e. The Labute approximate surface area is 116 Å². The van der Waals surface area contributed by atoms with Gasteiger partial charge < -0.3 is 19.5 Å². The minimum atomic E-state index is -0.168. The van der Waals surface area contributed by atoms with Gasteiger partial charge in [-0.3, -0.25) is 4.79 Å². The predicted octanol–water partition coefficient (Wildman–Crippen LogP) is 1.96. The zero-order chi connectivity index (χ0) is 14.0. The van der Waals surface area contributed by atoms with Crippen LogP contribution in [-0.4, -0.2) is 32.5 Å². The van der Waals surface area contributed by atoms with E-state index in [0.717, 1.165) is 5.56 Å². The first kappa shape index (κ1) is 13.9. The zero-order valence-corrected chi connectivity index (χ0v) is 12.2. The molecule has 0 aliphatic carbocycles. The van der Waals surface area contributed by atoms with Gasteiger partial charge in [0.15, 0.2) is 0 Å². The monoisotopic (exact) mass is 283 g/mol. The van der Waals surface area contributed by atoms with E-state index in [1.165, 1.54) is 11.8 Å². The molecule has 1 N–H and O–H groups in total. The van der Waals surface area contributed by atoms with Crippen molar-refractivity contribution >= 4 is 17.7 Å². The minimum absolute atomic E-state index is 0.0231. The smallest absolute Gasteiger partial charge is 0.234 e. The number of methoxy groups -OCH3 is 3. The number of carbonyl (C=O) groups excluding carboxylic acids is 1. The Morgan fingerprint density at radius 1 is 1.11 bits per heavy atom. The van der Waals surface area contributed by atoms with Gasteiger partial charge in [0.2, 0.25) is 5.91 Å². The molecule has 2 rings (SSSR count). The van der Waals surface area contributed by atoms with Crippen molar-refractivity contribution in [2.45, 2.75) is 17.5 Å². The molecule has 1 aliphatic rings. The second-order valence-electron chi connectivity index (χ2n) is 4.11. The lowest BCUT2D eigenvalue weighted by Crippen LogP contribution is -2.22. The summed E-state index contributed by atoms with van der Waals surface area (Å²) in [5.74, 6) is 1.96. The van der Waals surface area contributed by atoms with E-state index in [1.807, 2.05) is 6.92 Å². The van der Waals surface area contributed by atoms with Gasteiger partial charge in [0.1, 0.15) is 22.6 Å². The summed E-state index contributed by atoms with van der Waals surface area (Å²) >= 11 is 1.54. The second-order valence-corrected chi connectivity index (χ2v) is 5.56. The molecule has 0 saturated carbocycles. The number of rotatable bonds is 4. The number of amides is 1. The highest BCUT2D eigenvalue weighted by Crippen LogP contribution is 2.45. The first-order chi connectivity index (χ1) is 9.10. The van der Waals surface area contributed by atoms with E-state index in [1.54, 1.807) is 33.5 Å². The standard InChI is InChI=1S/C13H17NO4S/c1-7-12(15)14-13(19-7)11-9(17-3)5-8(16-2)6-10(11)18-4/h5-7,13H,1-4H3,(H,14,15)/t7-,13-/m0/s1. The number of hydrogen-bond donors (Lipinski definition) is 1. The molecule has 104 valence electrons. The molecule has 1 aliphatic heterocycles. The summed E-state index contributed by atoms with van der Waals surface area (Å²) in [5, 5.41) is 2.68. The summed E-state index contributed by atoms with van der Waals surface area (Å²) in [5.41, 5.74) is 0.827. The van der Waals surface area contributed by atoms with Crippen LogP contribution in [0, 0.1) is 0 Å². The third-order valence-corrected chi connectivity index (χ3v) is 4.25. The van der Waals surface area contributed by atoms with Gasteiger partial charge in [0.05, 0.1) is 32.1 Å². The lowest BCUT2D eigenvalue weighted by Gasteiger charge is -2.19. The third-order valence-electron chi connectivity index (χ3n) is 3.00. The quantitative estimate of drug-likeness (QED) is 0.915. The highest BCUT2D eigenvalue weighted by Gasteiger charge is 2.34. The summed E-state index contributed by atoms with van der Waals surface area (Å²) in [6.45, 7) is 1.88. The number of carbonyl (C=O) groups is 1. The van der Waals surface area contributed by atoms with Crippen LogP contribution in [0.25, 0.3) is 0 Å². The normalized spacial score (nSPS) is 22.0. The lowest BCUT2D eigenvalue weighted by molar-refractivity contribution is -0.119. The fourth-order valence-electron chi connectivity index (χ4n) is 1.98. The molecule has 0 unspecified atom stereocenters. The van der Waals surface area contributed by atoms with Crippen LogP contribution < -0.4 is 19.5 Å². The third kappa shape index (κ3) is 2.58. The maximum atomic E-state index is 11.6. The van der Waals surface area contributed by atoms with Crippen molar-refractivity contribution in [3.05, 3.63) is 17.7 Å². The van der Waals surface area contributed by atoms with Crippen LogP contribution in [0.5, 0.6) is 17.2 Å². The second kappa shape index (κ2) is 5.61. The van der Waals surface area contributed by atoms with Gasteiger partial charge in [0.25, 0.3) is 0 Å². The van der Waals surface area contributed by atoms with E-state index in [4.69, 9.17) is 14.2 Å². The van der Waals surface area contributed by atoms with Crippen LogP contribution in [0.1, 0.15) is 17.9 Å². The summed E-state index contributed by atoms with van der Waals surface area (Å²) in [4.78, 5) is 11.6. The maximum absolute atomic E-state index is 11.6. The average molecular weight is 283 g/mol. The first-order valence-corrected chi connectivity index (χ1v) is 6.80. The van der Waals surface area contributed by atoms with Crippen molar-refractivity contribution in [2.24, 2.45) is 0 Å². The summed E-state index contributed by atoms with van der Waals surface area (Å²) in [6, 6.07) is 3.57. The molecule has 1 amide bonds. The molecule has 5 nitrogen and oxygen atoms in total. The molecule has 1 saturated heterocycles. The van der Waals surface area contributed by atoms with Crippen LogP contribution in [0.15, 0.2) is 12.1 Å². The van der Waals surface area contributed by atoms with Crippen LogP contribution in [0.3, 0.4) is 0 Å². The molecule has 19 heavy (non-hydrogen) atoms. The Kier molecular flexibility index (Phi) is 4.09. The molecule has 2 atom stereocenters. The van der Waals surface area contributed by atoms with Gasteiger partial charge in [-0.05, 0) is 6.92 Å². The number of nitrogens with one attached hydrogen (secondary N) is 1. The van der Waals surface area contributed by atoms with Crippen LogP contribution in [0.2, 0.25) is 0 Å². The van der Waals surface area contributed by atoms with Crippen molar-refractivity contribution in [2.75, 3.05) is 21.3 Å². The molecular formula is C13H17NO4S. The molecule has 0 spiro atoms. The van der Waals surface area contributed by atoms with Gasteiger partial charge >= 0.3 is 0 Å². The molecule has 1 fully saturated rings. The number of benzene rings is 1. The molecule has 0 aromatic heterocycles. The van der Waals surface area contributed by atoms with E-state index in [9.17, 15) is 4.79 Å². The van der Waals surface area contributed by atoms with Crippen LogP contribution >= 0.6 is 11.8 Å². The Hall–Kier alpha value is -1.56. The van der Waals surface area contributed by atoms with Gasteiger partial charge in [-0.15, -0.1) is 11.8 Å². The fraction of sp³-hybridized carbons (Fsp3) is 0.462. The Balaban J connectivity index is 2.46. The van der Waals surface area contributed by atoms with Crippen LogP contribution in [0.4, 0.5) is 0 Å². The van der Waals surface area contributed by atoms with E-state index >= 15 is 0 Å². The van der Waals surface area contributed by atoms with Crippen molar-refractivity contribution in [3.8, 4) is 17.2 Å². The molecular weight excluding hydrogens is 266 g/mol. The van der Waals surface area contributed by atoms with Gasteiger partial charge in [0, 0.05) is 12.1 Å². The van der Waals surface area contributed by atoms with Crippen molar-refractivity contribution < 1.29 is 19.0 Å². The molecule has 6 heteroatoms. The summed E-state index contributed by atoms with van der Waals surface area (Å²) in [7, 11) is 4.76. The Morgan fingerprint density at radius 3 is 2.05 bits per heavy atom. The van der Waals surface area contributed by atoms with E-state index in [2.05, 4.69) is 5.32 Å². The zero-order valence-electron chi connectivity index (χ0n) is 11.4. The van der Waals surface area contributed by atoms with Crippen molar-refractivity contribution in [3.63, 3.8) is 0 Å². The first-order valence-electron chi connectivity index (χ1n) is 5.86. The van der Waals surface area contributed by atoms with E-state index < -0.39 is 0 Å². The number of hydrogen-bond acceptors (Lipinski definition) is 5. The minimum Gasteiger partial charge on any atom is -0.496 e. The fourth-order valence-corrected chi connectivity index (χ4v) is 3.13. The number of ether oxygens (including phenoxy) is 3. The lowest BCUT2D eigenvalue weighted by atomic mass is 10.1. The number of thioether (sulfide) groups is 1. The molecule has 0 radical (unpaired) electrons. The summed E-state index contributed by atoms with van der Waals surface area (Å²) < 4.78 is 16.0. The molecule has 1 aromatic carbocycles. The molecule has 1 aromatic rings. The summed E-state index contributed by atoms with van der Waals surface area (Å²) in [6.07, 6.45) is 0. The van der Waals surface area contributed by atoms with E-state index in [-0.39, 0.29) is 16.5 Å². The molecule has 1 heterocycles. The predicted molar refractivity (Wildman–Crippen MR) is 74.0 cm³/mol. The van der Waals surface area contributed by atoms with Crippen LogP contribution in [-0.2, 0) is 4.79 Å². The van der Waals surface area contributed by atoms with E-state index in [0.29, 0.717) is 17.2 Å².